The Bertz CT molecular complexity index is 571. The molecule has 0 bridgehead atoms. The van der Waals surface area contributed by atoms with Gasteiger partial charge >= 0.3 is 0 Å². The molecule has 2 amide bonds. The minimum absolute atomic E-state index is 0.233. The molecule has 0 radical (unpaired) electrons. The molecule has 21 heavy (non-hydrogen) atoms. The summed E-state index contributed by atoms with van der Waals surface area (Å²) in [5.74, 6) is -0.522. The van der Waals surface area contributed by atoms with Crippen molar-refractivity contribution < 1.29 is 14.4 Å². The lowest BCUT2D eigenvalue weighted by Gasteiger charge is -2.26. The summed E-state index contributed by atoms with van der Waals surface area (Å²) in [5.41, 5.74) is 7.67. The maximum absolute atomic E-state index is 12.0. The lowest BCUT2D eigenvalue weighted by Crippen LogP contribution is -2.45. The Morgan fingerprint density at radius 3 is 2.90 bits per heavy atom. The van der Waals surface area contributed by atoms with Crippen LogP contribution >= 0.6 is 0 Å². The van der Waals surface area contributed by atoms with E-state index in [-0.39, 0.29) is 11.8 Å². The number of hydrogen-bond donors (Lipinski definition) is 2. The Morgan fingerprint density at radius 1 is 1.43 bits per heavy atom. The summed E-state index contributed by atoms with van der Waals surface area (Å²) in [6.45, 7) is 0.382. The van der Waals surface area contributed by atoms with Crippen molar-refractivity contribution in [3.63, 3.8) is 0 Å². The molecule has 1 fully saturated rings. The molecule has 0 aromatic heterocycles. The van der Waals surface area contributed by atoms with Crippen LogP contribution in [0.25, 0.3) is 0 Å². The van der Waals surface area contributed by atoms with Gasteiger partial charge in [0.2, 0.25) is 11.8 Å². The number of likely N-dealkylation sites (N-methyl/N-ethyl adjacent to an activating group) is 1. The quantitative estimate of drug-likeness (QED) is 0.484. The fraction of sp³-hybridized carbons (Fsp3) is 0.400. The van der Waals surface area contributed by atoms with Crippen LogP contribution in [-0.2, 0) is 16.1 Å². The van der Waals surface area contributed by atoms with Gasteiger partial charge in [0.05, 0.1) is 6.04 Å². The van der Waals surface area contributed by atoms with Crippen LogP contribution in [0.15, 0.2) is 18.2 Å². The number of amides is 2. The van der Waals surface area contributed by atoms with E-state index in [2.05, 4.69) is 5.32 Å². The van der Waals surface area contributed by atoms with Gasteiger partial charge in [-0.3, -0.25) is 24.6 Å². The van der Waals surface area contributed by atoms with Crippen LogP contribution in [-0.4, -0.2) is 36.1 Å². The number of carbonyl (C=O) groups excluding carboxylic acids is 3. The highest BCUT2D eigenvalue weighted by Crippen LogP contribution is 2.20. The van der Waals surface area contributed by atoms with Crippen LogP contribution in [0.2, 0.25) is 0 Å². The SMILES string of the molecule is CN(Cc1c(N)cccc1C=O)[C@H]1CCCC(=O)NC1=O. The first-order valence-corrected chi connectivity index (χ1v) is 6.89. The number of benzene rings is 1. The lowest BCUT2D eigenvalue weighted by atomic mass is 10.0. The van der Waals surface area contributed by atoms with Gasteiger partial charge in [-0.05, 0) is 31.5 Å². The summed E-state index contributed by atoms with van der Waals surface area (Å²) in [4.78, 5) is 36.3. The van der Waals surface area contributed by atoms with Crippen molar-refractivity contribution in [1.29, 1.82) is 0 Å². The minimum Gasteiger partial charge on any atom is -0.398 e. The van der Waals surface area contributed by atoms with Gasteiger partial charge in [0.15, 0.2) is 0 Å². The first-order valence-electron chi connectivity index (χ1n) is 6.89. The average molecular weight is 289 g/mol. The molecule has 6 heteroatoms. The molecule has 1 aliphatic rings. The second-order valence-electron chi connectivity index (χ2n) is 5.27. The van der Waals surface area contributed by atoms with Gasteiger partial charge in [0, 0.05) is 24.2 Å². The highest BCUT2D eigenvalue weighted by Gasteiger charge is 2.28. The van der Waals surface area contributed by atoms with Crippen molar-refractivity contribution in [3.05, 3.63) is 29.3 Å². The van der Waals surface area contributed by atoms with Crippen molar-refractivity contribution in [3.8, 4) is 0 Å². The summed E-state index contributed by atoms with van der Waals surface area (Å²) in [7, 11) is 1.79. The molecule has 1 aliphatic heterocycles. The third-order valence-corrected chi connectivity index (χ3v) is 3.76. The monoisotopic (exact) mass is 289 g/mol. The second-order valence-corrected chi connectivity index (χ2v) is 5.27. The average Bonchev–Trinajstić information content (AvgIpc) is 2.61. The Balaban J connectivity index is 2.17. The van der Waals surface area contributed by atoms with E-state index in [1.807, 2.05) is 4.90 Å². The molecule has 2 rings (SSSR count). The molecular formula is C15H19N3O3. The standard InChI is InChI=1S/C15H19N3O3/c1-18(13-6-3-7-14(20)17-15(13)21)8-11-10(9-19)4-2-5-12(11)16/h2,4-5,9,13H,3,6-8,16H2,1H3,(H,17,20,21)/t13-/m0/s1. The zero-order valence-electron chi connectivity index (χ0n) is 12.0. The van der Waals surface area contributed by atoms with Crippen LogP contribution in [0.5, 0.6) is 0 Å². The fourth-order valence-corrected chi connectivity index (χ4v) is 2.57. The molecule has 0 aliphatic carbocycles. The van der Waals surface area contributed by atoms with Gasteiger partial charge in [-0.2, -0.15) is 0 Å². The van der Waals surface area contributed by atoms with Gasteiger partial charge in [-0.1, -0.05) is 12.1 Å². The number of aldehydes is 1. The number of nitrogens with two attached hydrogens (primary N) is 1. The third kappa shape index (κ3) is 3.46. The van der Waals surface area contributed by atoms with Crippen molar-refractivity contribution in [1.82, 2.24) is 10.2 Å². The molecule has 0 saturated carbocycles. The molecule has 112 valence electrons. The molecule has 1 saturated heterocycles. The Morgan fingerprint density at radius 2 is 2.19 bits per heavy atom. The van der Waals surface area contributed by atoms with E-state index in [0.29, 0.717) is 42.6 Å². The fourth-order valence-electron chi connectivity index (χ4n) is 2.57. The number of nitrogen functional groups attached to an aromatic ring is 1. The smallest absolute Gasteiger partial charge is 0.243 e. The molecule has 1 aromatic carbocycles. The van der Waals surface area contributed by atoms with Gasteiger partial charge in [0.25, 0.3) is 0 Å². The maximum Gasteiger partial charge on any atom is 0.243 e. The second kappa shape index (κ2) is 6.49. The molecule has 1 heterocycles. The Kier molecular flexibility index (Phi) is 4.70. The summed E-state index contributed by atoms with van der Waals surface area (Å²) in [5, 5.41) is 2.38. The summed E-state index contributed by atoms with van der Waals surface area (Å²) in [6, 6.07) is 4.76. The van der Waals surface area contributed by atoms with E-state index in [4.69, 9.17) is 5.73 Å². The number of rotatable bonds is 4. The van der Waals surface area contributed by atoms with Crippen molar-refractivity contribution in [2.24, 2.45) is 0 Å². The van der Waals surface area contributed by atoms with E-state index in [9.17, 15) is 14.4 Å². The minimum atomic E-state index is -0.393. The molecule has 6 nitrogen and oxygen atoms in total. The van der Waals surface area contributed by atoms with Gasteiger partial charge < -0.3 is 5.73 Å². The first-order chi connectivity index (χ1) is 10.0. The first kappa shape index (κ1) is 15.2. The lowest BCUT2D eigenvalue weighted by molar-refractivity contribution is -0.132. The van der Waals surface area contributed by atoms with Crippen LogP contribution in [0, 0.1) is 0 Å². The molecule has 1 atom stereocenters. The van der Waals surface area contributed by atoms with E-state index in [0.717, 1.165) is 6.29 Å². The van der Waals surface area contributed by atoms with Crippen molar-refractivity contribution in [2.45, 2.75) is 31.8 Å². The molecule has 3 N–H and O–H groups in total. The number of imide groups is 1. The highest BCUT2D eigenvalue weighted by molar-refractivity contribution is 5.98. The summed E-state index contributed by atoms with van der Waals surface area (Å²) in [6.07, 6.45) is 2.40. The predicted molar refractivity (Wildman–Crippen MR) is 78.5 cm³/mol. The van der Waals surface area contributed by atoms with Crippen molar-refractivity contribution in [2.75, 3.05) is 12.8 Å². The number of nitrogens with one attached hydrogen (secondary N) is 1. The van der Waals surface area contributed by atoms with E-state index in [1.165, 1.54) is 0 Å². The molecule has 0 spiro atoms. The number of carbonyl (C=O) groups is 3. The normalized spacial score (nSPS) is 19.2. The molecular weight excluding hydrogens is 270 g/mol. The number of nitrogens with zero attached hydrogens (tertiary/aromatic N) is 1. The van der Waals surface area contributed by atoms with E-state index < -0.39 is 6.04 Å². The third-order valence-electron chi connectivity index (χ3n) is 3.76. The molecule has 0 unspecified atom stereocenters. The number of anilines is 1. The van der Waals surface area contributed by atoms with E-state index >= 15 is 0 Å². The largest absolute Gasteiger partial charge is 0.398 e. The highest BCUT2D eigenvalue weighted by atomic mass is 16.2. The maximum atomic E-state index is 12.0. The Labute approximate surface area is 123 Å². The van der Waals surface area contributed by atoms with Gasteiger partial charge in [-0.15, -0.1) is 0 Å². The van der Waals surface area contributed by atoms with Gasteiger partial charge in [0.1, 0.15) is 6.29 Å². The zero-order valence-corrected chi connectivity index (χ0v) is 12.0. The Hall–Kier alpha value is -2.21. The van der Waals surface area contributed by atoms with E-state index in [1.54, 1.807) is 25.2 Å². The predicted octanol–water partition coefficient (Wildman–Crippen LogP) is 0.708. The van der Waals surface area contributed by atoms with Crippen LogP contribution < -0.4 is 11.1 Å². The molecule has 1 aromatic rings. The zero-order chi connectivity index (χ0) is 15.4. The van der Waals surface area contributed by atoms with Crippen LogP contribution in [0.3, 0.4) is 0 Å². The summed E-state index contributed by atoms with van der Waals surface area (Å²) < 4.78 is 0. The van der Waals surface area contributed by atoms with Crippen LogP contribution in [0.1, 0.15) is 35.2 Å². The number of hydrogen-bond acceptors (Lipinski definition) is 5. The van der Waals surface area contributed by atoms with Crippen LogP contribution in [0.4, 0.5) is 5.69 Å². The topological polar surface area (TPSA) is 92.5 Å². The van der Waals surface area contributed by atoms with Crippen molar-refractivity contribution >= 4 is 23.8 Å². The summed E-state index contributed by atoms with van der Waals surface area (Å²) >= 11 is 0. The van der Waals surface area contributed by atoms with Gasteiger partial charge in [-0.25, -0.2) is 0 Å².